The van der Waals surface area contributed by atoms with Crippen LogP contribution in [-0.4, -0.2) is 27.8 Å². The maximum absolute atomic E-state index is 8.44. The Morgan fingerprint density at radius 2 is 1.36 bits per heavy atom. The van der Waals surface area contributed by atoms with Gasteiger partial charge in [-0.25, -0.2) is 0 Å². The Hall–Kier alpha value is -5.85. The predicted octanol–water partition coefficient (Wildman–Crippen LogP) is 16.8. The molecule has 0 spiro atoms. The van der Waals surface area contributed by atoms with E-state index in [1.807, 2.05) is 44.3 Å². The number of rotatable bonds is 8. The van der Waals surface area contributed by atoms with Gasteiger partial charge in [0, 0.05) is 36.6 Å². The van der Waals surface area contributed by atoms with Crippen molar-refractivity contribution in [3.8, 4) is 50.6 Å². The molecule has 0 saturated carbocycles. The van der Waals surface area contributed by atoms with Crippen molar-refractivity contribution in [1.29, 1.82) is 0 Å². The molecule has 3 aromatic heterocycles. The van der Waals surface area contributed by atoms with Crippen LogP contribution in [-0.2, 0) is 25.5 Å². The summed E-state index contributed by atoms with van der Waals surface area (Å²) in [7, 11) is 0. The summed E-state index contributed by atoms with van der Waals surface area (Å²) in [5.41, 5.74) is 19.0. The van der Waals surface area contributed by atoms with Crippen LogP contribution in [0.25, 0.3) is 83.6 Å². The molecule has 0 unspecified atom stereocenters. The SMILES string of the molecule is CC(C)c1cc(-c2ccccc2)cc(C(C)C)c1-n1c(-c2[c-]ccc3c2oc2ccc4c(c23)C(C)(C)c2ccccc2-4)nc2ccccc21.[2H]C(C)(C)c1cc(-c2[c-]cccc2)nc[c]1[Ge]([CH3])([CH3])[CH3].[Ir]. The molecule has 3 heterocycles. The third-order valence-electron chi connectivity index (χ3n) is 13.9. The van der Waals surface area contributed by atoms with E-state index < -0.39 is 19.2 Å². The minimum Gasteiger partial charge on any atom is 0 e. The van der Waals surface area contributed by atoms with Gasteiger partial charge in [0.05, 0.1) is 22.4 Å². The van der Waals surface area contributed by atoms with Crippen LogP contribution in [0.5, 0.6) is 0 Å². The van der Waals surface area contributed by atoms with Crippen LogP contribution in [0.4, 0.5) is 0 Å². The second-order valence-corrected chi connectivity index (χ2v) is 31.4. The maximum atomic E-state index is 8.44. The van der Waals surface area contributed by atoms with Crippen molar-refractivity contribution < 1.29 is 25.9 Å². The number of furan rings is 1. The normalized spacial score (nSPS) is 13.3. The fourth-order valence-corrected chi connectivity index (χ4v) is 13.8. The van der Waals surface area contributed by atoms with Crippen LogP contribution < -0.4 is 4.40 Å². The summed E-state index contributed by atoms with van der Waals surface area (Å²) in [4.78, 5) is 9.99. The molecule has 7 aromatic carbocycles. The second kappa shape index (κ2) is 18.8. The van der Waals surface area contributed by atoms with Crippen LogP contribution in [0.1, 0.15) is 102 Å². The first-order valence-corrected chi connectivity index (χ1v) is 31.5. The Balaban J connectivity index is 0.000000244. The standard InChI is InChI=1S/C46H39N2O.C17H22GeN.Ir/c1-27(2)35-25-30(29-15-8-7-9-16-29)26-36(28(3)4)43(35)48-39-22-13-12-21-38(39)47-45(48)34-19-14-18-33-41-40(49-44(33)34)24-23-32-31-17-10-11-20-37(31)46(5,6)42(32)41;1-13(2)15-11-17(14-9-7-6-8-10-14)19-12-16(15)18(3,4)5;/h7-18,20-28H,1-6H3;6-9,11-13H,1-5H3;/q2*-1;/i;13D;. The van der Waals surface area contributed by atoms with Crippen molar-refractivity contribution in [2.75, 3.05) is 0 Å². The van der Waals surface area contributed by atoms with Crippen molar-refractivity contribution in [2.24, 2.45) is 0 Å². The molecular weight excluding hydrogens is 1080 g/mol. The van der Waals surface area contributed by atoms with Gasteiger partial charge in [-0.15, -0.1) is 18.2 Å². The molecule has 0 fully saturated rings. The van der Waals surface area contributed by atoms with Gasteiger partial charge >= 0.3 is 120 Å². The van der Waals surface area contributed by atoms with E-state index in [-0.39, 0.29) is 37.4 Å². The molecule has 0 N–H and O–H groups in total. The molecular formula is C63H61GeIrN3O-2. The molecule has 69 heavy (non-hydrogen) atoms. The molecule has 1 radical (unpaired) electrons. The number of hydrogen-bond acceptors (Lipinski definition) is 3. The van der Waals surface area contributed by atoms with Gasteiger partial charge in [-0.05, 0) is 86.7 Å². The van der Waals surface area contributed by atoms with E-state index in [0.717, 1.165) is 55.8 Å². The number of benzene rings is 7. The molecule has 349 valence electrons. The molecule has 0 aliphatic heterocycles. The Morgan fingerprint density at radius 1 is 0.681 bits per heavy atom. The van der Waals surface area contributed by atoms with Gasteiger partial charge in [0.15, 0.2) is 0 Å². The molecule has 6 heteroatoms. The predicted molar refractivity (Wildman–Crippen MR) is 289 cm³/mol. The second-order valence-electron chi connectivity index (χ2n) is 20.8. The molecule has 1 aliphatic carbocycles. The zero-order valence-electron chi connectivity index (χ0n) is 42.7. The molecule has 1 aliphatic rings. The number of para-hydroxylation sites is 2. The van der Waals surface area contributed by atoms with Crippen LogP contribution in [0, 0.1) is 12.1 Å². The molecule has 10 aromatic rings. The fraction of sp³-hybridized carbons (Fsp3) is 0.238. The topological polar surface area (TPSA) is 43.9 Å². The summed E-state index contributed by atoms with van der Waals surface area (Å²) in [5, 5.41) is 2.29. The van der Waals surface area contributed by atoms with Crippen molar-refractivity contribution in [3.05, 3.63) is 192 Å². The summed E-state index contributed by atoms with van der Waals surface area (Å²) >= 11 is -2.03. The van der Waals surface area contributed by atoms with Crippen molar-refractivity contribution in [3.63, 3.8) is 0 Å². The smallest absolute Gasteiger partial charge is 0 e. The molecule has 11 rings (SSSR count). The zero-order valence-corrected chi connectivity index (χ0v) is 46.2. The Labute approximate surface area is 426 Å². The summed E-state index contributed by atoms with van der Waals surface area (Å²) in [6, 6.07) is 58.2. The Bertz CT molecular complexity index is 3530. The average molecular weight is 1140 g/mol. The molecule has 0 saturated heterocycles. The largest absolute Gasteiger partial charge is 0 e. The van der Waals surface area contributed by atoms with Crippen LogP contribution >= 0.6 is 0 Å². The Morgan fingerprint density at radius 3 is 2.04 bits per heavy atom. The monoisotopic (exact) mass is 1140 g/mol. The first-order valence-electron chi connectivity index (χ1n) is 24.6. The summed E-state index contributed by atoms with van der Waals surface area (Å²) < 4.78 is 19.0. The summed E-state index contributed by atoms with van der Waals surface area (Å²) in [5.74, 6) is 7.86. The third-order valence-corrected chi connectivity index (χ3v) is 18.1. The first-order chi connectivity index (χ1) is 32.9. The van der Waals surface area contributed by atoms with E-state index in [1.54, 1.807) is 0 Å². The number of imidazole rings is 1. The molecule has 4 nitrogen and oxygen atoms in total. The van der Waals surface area contributed by atoms with Crippen LogP contribution in [0.15, 0.2) is 156 Å². The zero-order chi connectivity index (χ0) is 48.6. The van der Waals surface area contributed by atoms with E-state index in [0.29, 0.717) is 0 Å². The van der Waals surface area contributed by atoms with E-state index in [1.165, 1.54) is 60.0 Å². The van der Waals surface area contributed by atoms with Gasteiger partial charge in [0.25, 0.3) is 0 Å². The molecule has 0 amide bonds. The summed E-state index contributed by atoms with van der Waals surface area (Å²) in [6.45, 7) is 17.8. The minimum absolute atomic E-state index is 0. The van der Waals surface area contributed by atoms with Crippen LogP contribution in [0.2, 0.25) is 17.3 Å². The van der Waals surface area contributed by atoms with Gasteiger partial charge in [0.1, 0.15) is 5.58 Å². The third kappa shape index (κ3) is 8.55. The van der Waals surface area contributed by atoms with Crippen LogP contribution in [0.3, 0.4) is 0 Å². The van der Waals surface area contributed by atoms with E-state index in [9.17, 15) is 0 Å². The van der Waals surface area contributed by atoms with Crippen molar-refractivity contribution in [1.82, 2.24) is 14.5 Å². The maximum Gasteiger partial charge on any atom is 0 e. The number of hydrogen-bond donors (Lipinski definition) is 0. The number of fused-ring (bicyclic) bond motifs is 8. The first kappa shape index (κ1) is 46.9. The van der Waals surface area contributed by atoms with E-state index in [2.05, 4.69) is 202 Å². The Kier molecular flexibility index (Phi) is 12.8. The number of pyridine rings is 1. The quantitative estimate of drug-likeness (QED) is 0.112. The number of aromatic nitrogens is 3. The van der Waals surface area contributed by atoms with Gasteiger partial charge in [-0.3, -0.25) is 4.98 Å². The average Bonchev–Trinajstić information content (AvgIpc) is 3.98. The van der Waals surface area contributed by atoms with Crippen molar-refractivity contribution >= 4 is 50.6 Å². The van der Waals surface area contributed by atoms with Gasteiger partial charge in [0.2, 0.25) is 0 Å². The van der Waals surface area contributed by atoms with Gasteiger partial charge in [-0.2, -0.15) is 0 Å². The van der Waals surface area contributed by atoms with Gasteiger partial charge < -0.3 is 8.98 Å². The fourth-order valence-electron chi connectivity index (χ4n) is 10.5. The molecule has 0 atom stereocenters. The van der Waals surface area contributed by atoms with E-state index >= 15 is 0 Å². The van der Waals surface area contributed by atoms with E-state index in [4.69, 9.17) is 10.8 Å². The number of nitrogens with zero attached hydrogens (tertiary/aromatic N) is 3. The molecule has 0 bridgehead atoms. The minimum atomic E-state index is -2.03. The van der Waals surface area contributed by atoms with Crippen molar-refractivity contribution in [2.45, 2.75) is 95.8 Å². The summed E-state index contributed by atoms with van der Waals surface area (Å²) in [6.07, 6.45) is 2.00. The van der Waals surface area contributed by atoms with Gasteiger partial charge in [-0.1, -0.05) is 125 Å².